The highest BCUT2D eigenvalue weighted by Gasteiger charge is 2.70. The molecule has 0 saturated heterocycles. The smallest absolute Gasteiger partial charge is 0.303 e. The molecule has 172 valence electrons. The van der Waals surface area contributed by atoms with Crippen LogP contribution in [-0.4, -0.2) is 41.5 Å². The fourth-order valence-electron chi connectivity index (χ4n) is 7.23. The zero-order valence-corrected chi connectivity index (χ0v) is 19.1. The minimum Gasteiger partial charge on any atom is -0.458 e. The molecule has 0 radical (unpaired) electrons. The van der Waals surface area contributed by atoms with Gasteiger partial charge >= 0.3 is 11.9 Å². The lowest BCUT2D eigenvalue weighted by Crippen LogP contribution is -2.62. The van der Waals surface area contributed by atoms with Gasteiger partial charge in [-0.05, 0) is 49.7 Å². The van der Waals surface area contributed by atoms with E-state index < -0.39 is 40.8 Å². The lowest BCUT2D eigenvalue weighted by atomic mass is 9.46. The number of hydrogen-bond acceptors (Lipinski definition) is 7. The van der Waals surface area contributed by atoms with Gasteiger partial charge in [-0.1, -0.05) is 25.5 Å². The monoisotopic (exact) mass is 442 g/mol. The van der Waals surface area contributed by atoms with Crippen LogP contribution in [-0.2, 0) is 33.4 Å². The Labute approximate surface area is 187 Å². The molecule has 0 spiro atoms. The topological polar surface area (TPSA) is 104 Å². The van der Waals surface area contributed by atoms with Crippen LogP contribution in [0.4, 0.5) is 0 Å². The number of carbonyl (C=O) groups excluding carboxylic acids is 5. The largest absolute Gasteiger partial charge is 0.458 e. The molecule has 3 saturated carbocycles. The fourth-order valence-corrected chi connectivity index (χ4v) is 7.23. The van der Waals surface area contributed by atoms with Gasteiger partial charge in [0.1, 0.15) is 5.78 Å². The summed E-state index contributed by atoms with van der Waals surface area (Å²) in [6, 6.07) is 0. The molecule has 0 N–H and O–H groups in total. The minimum absolute atomic E-state index is 0.00442. The van der Waals surface area contributed by atoms with E-state index in [9.17, 15) is 24.0 Å². The molecule has 3 fully saturated rings. The van der Waals surface area contributed by atoms with Crippen LogP contribution in [0.3, 0.4) is 0 Å². The van der Waals surface area contributed by atoms with Crippen molar-refractivity contribution in [2.24, 2.45) is 28.6 Å². The van der Waals surface area contributed by atoms with E-state index in [1.54, 1.807) is 12.2 Å². The first-order valence-corrected chi connectivity index (χ1v) is 11.3. The number of fused-ring (bicyclic) bond motifs is 5. The number of ether oxygens (including phenoxy) is 2. The van der Waals surface area contributed by atoms with Crippen molar-refractivity contribution >= 4 is 29.3 Å². The van der Waals surface area contributed by atoms with Crippen LogP contribution in [0.25, 0.3) is 0 Å². The first-order chi connectivity index (χ1) is 14.9. The molecule has 0 bridgehead atoms. The van der Waals surface area contributed by atoms with Gasteiger partial charge in [0.15, 0.2) is 18.0 Å². The Morgan fingerprint density at radius 3 is 2.47 bits per heavy atom. The molecule has 4 aliphatic carbocycles. The maximum atomic E-state index is 13.7. The third-order valence-corrected chi connectivity index (χ3v) is 8.55. The van der Waals surface area contributed by atoms with Crippen molar-refractivity contribution in [3.63, 3.8) is 0 Å². The Hall–Kier alpha value is -2.57. The number of allylic oxidation sites excluding steroid dienone is 4. The van der Waals surface area contributed by atoms with Gasteiger partial charge in [-0.15, -0.1) is 0 Å². The van der Waals surface area contributed by atoms with Gasteiger partial charge in [0.25, 0.3) is 0 Å². The Bertz CT molecular complexity index is 975. The minimum atomic E-state index is -1.49. The summed E-state index contributed by atoms with van der Waals surface area (Å²) in [5, 5.41) is 0. The number of esters is 2. The lowest BCUT2D eigenvalue weighted by molar-refractivity contribution is -0.191. The van der Waals surface area contributed by atoms with Crippen LogP contribution in [0, 0.1) is 28.6 Å². The zero-order chi connectivity index (χ0) is 23.5. The quantitative estimate of drug-likeness (QED) is 0.617. The summed E-state index contributed by atoms with van der Waals surface area (Å²) in [7, 11) is 0. The van der Waals surface area contributed by atoms with Crippen molar-refractivity contribution in [2.45, 2.75) is 65.4 Å². The van der Waals surface area contributed by atoms with E-state index in [1.165, 1.54) is 13.8 Å². The van der Waals surface area contributed by atoms with Gasteiger partial charge in [-0.25, -0.2) is 0 Å². The van der Waals surface area contributed by atoms with Crippen LogP contribution >= 0.6 is 0 Å². The van der Waals surface area contributed by atoms with Crippen LogP contribution in [0.1, 0.15) is 59.8 Å². The highest BCUT2D eigenvalue weighted by atomic mass is 16.6. The van der Waals surface area contributed by atoms with E-state index in [2.05, 4.69) is 0 Å². The maximum Gasteiger partial charge on any atom is 0.303 e. The summed E-state index contributed by atoms with van der Waals surface area (Å²) in [5.74, 6) is -1.93. The summed E-state index contributed by atoms with van der Waals surface area (Å²) < 4.78 is 10.7. The first kappa shape index (κ1) is 22.6. The molecule has 0 heterocycles. The highest BCUT2D eigenvalue weighted by molar-refractivity contribution is 6.02. The zero-order valence-electron chi connectivity index (χ0n) is 19.1. The maximum absolute atomic E-state index is 13.7. The second-order valence-electron chi connectivity index (χ2n) is 10.2. The van der Waals surface area contributed by atoms with Crippen molar-refractivity contribution in [3.8, 4) is 0 Å². The average molecular weight is 443 g/mol. The van der Waals surface area contributed by atoms with Gasteiger partial charge in [0, 0.05) is 37.0 Å². The van der Waals surface area contributed by atoms with Gasteiger partial charge in [-0.3, -0.25) is 24.0 Å². The van der Waals surface area contributed by atoms with Gasteiger partial charge in [-0.2, -0.15) is 0 Å². The number of ketones is 3. The molecule has 0 unspecified atom stereocenters. The van der Waals surface area contributed by atoms with E-state index in [-0.39, 0.29) is 35.7 Å². The molecular formula is C25H30O7. The molecule has 32 heavy (non-hydrogen) atoms. The number of Topliss-reactive ketones (excluding diaryl/α,β-unsaturated/α-hetero) is 2. The third-order valence-electron chi connectivity index (χ3n) is 8.55. The Morgan fingerprint density at radius 1 is 1.09 bits per heavy atom. The number of rotatable bonds is 4. The Kier molecular flexibility index (Phi) is 5.30. The molecule has 6 atom stereocenters. The van der Waals surface area contributed by atoms with Crippen LogP contribution in [0.5, 0.6) is 0 Å². The van der Waals surface area contributed by atoms with Crippen molar-refractivity contribution in [1.29, 1.82) is 0 Å². The molecule has 7 nitrogen and oxygen atoms in total. The predicted molar refractivity (Wildman–Crippen MR) is 113 cm³/mol. The average Bonchev–Trinajstić information content (AvgIpc) is 2.98. The molecule has 4 aliphatic rings. The van der Waals surface area contributed by atoms with Crippen molar-refractivity contribution < 1.29 is 33.4 Å². The summed E-state index contributed by atoms with van der Waals surface area (Å²) in [6.45, 7) is 5.90. The van der Waals surface area contributed by atoms with E-state index in [1.807, 2.05) is 19.9 Å². The third kappa shape index (κ3) is 3.11. The standard InChI is InChI=1S/C25H30O7/c1-14(26)31-13-21(30)25(32-15(2)27)10-8-19-18-6-5-16-11-17(28)7-9-23(16,3)22(18)20(29)12-24(19,25)4/h7,9,11,18-19,22H,5-6,8,10,12-13H2,1-4H3/t18-,19-,22+,23+,24-,25-/m1/s1. The normalized spacial score (nSPS) is 40.0. The highest BCUT2D eigenvalue weighted by Crippen LogP contribution is 2.66. The second kappa shape index (κ2) is 7.49. The number of hydrogen-bond donors (Lipinski definition) is 0. The molecule has 4 rings (SSSR count). The van der Waals surface area contributed by atoms with Crippen molar-refractivity contribution in [3.05, 3.63) is 23.8 Å². The fraction of sp³-hybridized carbons (Fsp3) is 0.640. The lowest BCUT2D eigenvalue weighted by Gasteiger charge is -2.57. The van der Waals surface area contributed by atoms with Crippen molar-refractivity contribution in [1.82, 2.24) is 0 Å². The Balaban J connectivity index is 1.74. The molecule has 0 aromatic heterocycles. The van der Waals surface area contributed by atoms with E-state index in [4.69, 9.17) is 9.47 Å². The molecular weight excluding hydrogens is 412 g/mol. The van der Waals surface area contributed by atoms with Gasteiger partial charge < -0.3 is 9.47 Å². The summed E-state index contributed by atoms with van der Waals surface area (Å²) in [5.41, 5.74) is -1.88. The summed E-state index contributed by atoms with van der Waals surface area (Å²) in [4.78, 5) is 62.4. The van der Waals surface area contributed by atoms with E-state index >= 15 is 0 Å². The molecule has 0 aromatic carbocycles. The predicted octanol–water partition coefficient (Wildman–Crippen LogP) is 2.91. The van der Waals surface area contributed by atoms with Crippen LogP contribution in [0.15, 0.2) is 23.8 Å². The first-order valence-electron chi connectivity index (χ1n) is 11.3. The molecule has 0 amide bonds. The van der Waals surface area contributed by atoms with Crippen LogP contribution in [0.2, 0.25) is 0 Å². The second-order valence-corrected chi connectivity index (χ2v) is 10.2. The van der Waals surface area contributed by atoms with E-state index in [0.717, 1.165) is 18.4 Å². The summed E-state index contributed by atoms with van der Waals surface area (Å²) >= 11 is 0. The van der Waals surface area contributed by atoms with Crippen molar-refractivity contribution in [2.75, 3.05) is 6.61 Å². The number of carbonyl (C=O) groups is 5. The molecule has 0 aliphatic heterocycles. The summed E-state index contributed by atoms with van der Waals surface area (Å²) in [6.07, 6.45) is 7.60. The Morgan fingerprint density at radius 2 is 1.81 bits per heavy atom. The van der Waals surface area contributed by atoms with E-state index in [0.29, 0.717) is 12.8 Å². The molecule has 7 heteroatoms. The molecule has 0 aromatic rings. The van der Waals surface area contributed by atoms with Gasteiger partial charge in [0.2, 0.25) is 5.78 Å². The SMILES string of the molecule is CC(=O)OCC(=O)[C@]1(OC(C)=O)CC[C@@H]2[C@H]3CCC4=CC(=O)C=C[C@]4(C)[C@@H]3C(=O)C[C@]21C. The van der Waals surface area contributed by atoms with Crippen LogP contribution < -0.4 is 0 Å². The van der Waals surface area contributed by atoms with Gasteiger partial charge in [0.05, 0.1) is 0 Å².